The minimum atomic E-state index is -0.221. The zero-order chi connectivity index (χ0) is 56.8. The van der Waals surface area contributed by atoms with E-state index in [1.165, 1.54) is 47.9 Å². The van der Waals surface area contributed by atoms with Crippen LogP contribution in [0.3, 0.4) is 0 Å². The Morgan fingerprint density at radius 2 is 0.780 bits per heavy atom. The highest BCUT2D eigenvalue weighted by Gasteiger charge is 2.48. The van der Waals surface area contributed by atoms with Crippen LogP contribution in [0, 0.1) is 11.8 Å². The third-order valence-corrected chi connectivity index (χ3v) is 17.1. The first-order valence-corrected chi connectivity index (χ1v) is 28.7. The lowest BCUT2D eigenvalue weighted by Gasteiger charge is -2.49. The second-order valence-electron chi connectivity index (χ2n) is 22.1. The summed E-state index contributed by atoms with van der Waals surface area (Å²) in [6.07, 6.45) is 15.2. The standard InChI is InChI=1S/C64H88N2O14.2ClH/c1-69-53-37-47-23-27-65(41-43-19-20-43,51(49(47)39-55(53)71-3)31-45-33-57(73-5)63(77-9)58(34-45)74-6)25-15-29-79-61(67)17-13-11-12-14-18-62(68)80-30-16-26-66(42-44-21-22-44)28-24-48-38-54(70-2)56(72-4)40-50(48)52(66)32-46-35-59(75-7)64(78-10)60(36-46)76-8;;/h11-12,33-40,43-44,51-52H,13-32,41-42H2,1-10H3;2*1H/q+2;;/p-2/b12-11+;;/t51-,52-,65+,66+;;/m1../s1. The van der Waals surface area contributed by atoms with Gasteiger partial charge in [-0.3, -0.25) is 9.59 Å². The van der Waals surface area contributed by atoms with E-state index in [9.17, 15) is 9.59 Å². The Morgan fingerprint density at radius 1 is 0.451 bits per heavy atom. The maximum Gasteiger partial charge on any atom is 0.306 e. The molecule has 0 amide bonds. The number of esters is 2. The highest BCUT2D eigenvalue weighted by Crippen LogP contribution is 2.50. The van der Waals surface area contributed by atoms with E-state index in [0.717, 1.165) is 109 Å². The summed E-state index contributed by atoms with van der Waals surface area (Å²) in [7, 11) is 16.6. The number of hydrogen-bond donors (Lipinski definition) is 0. The van der Waals surface area contributed by atoms with Gasteiger partial charge in [0.05, 0.1) is 124 Å². The Balaban J connectivity index is 0.00000541. The second-order valence-corrected chi connectivity index (χ2v) is 22.1. The second kappa shape index (κ2) is 30.6. The van der Waals surface area contributed by atoms with Crippen molar-refractivity contribution in [1.82, 2.24) is 0 Å². The van der Waals surface area contributed by atoms with Gasteiger partial charge in [0, 0.05) is 74.3 Å². The Hall–Kier alpha value is -5.94. The predicted octanol–water partition coefficient (Wildman–Crippen LogP) is 4.60. The van der Waals surface area contributed by atoms with Gasteiger partial charge in [-0.05, 0) is 109 Å². The minimum absolute atomic E-state index is 0. The zero-order valence-corrected chi connectivity index (χ0v) is 51.5. The highest BCUT2D eigenvalue weighted by atomic mass is 35.5. The number of carbonyl (C=O) groups is 2. The molecule has 4 atom stereocenters. The van der Waals surface area contributed by atoms with Crippen LogP contribution in [0.5, 0.6) is 57.5 Å². The van der Waals surface area contributed by atoms with E-state index >= 15 is 0 Å². The molecule has 2 aliphatic heterocycles. The molecule has 0 radical (unpaired) electrons. The minimum Gasteiger partial charge on any atom is -1.00 e. The van der Waals surface area contributed by atoms with Gasteiger partial charge in [0.1, 0.15) is 12.1 Å². The van der Waals surface area contributed by atoms with Crippen molar-refractivity contribution in [1.29, 1.82) is 0 Å². The molecule has 82 heavy (non-hydrogen) atoms. The lowest BCUT2D eigenvalue weighted by atomic mass is 9.85. The molecular weight excluding hydrogens is 1090 g/mol. The first kappa shape index (κ1) is 65.2. The number of methoxy groups -OCH3 is 10. The van der Waals surface area contributed by atoms with Crippen molar-refractivity contribution in [2.45, 2.75) is 102 Å². The molecule has 0 saturated heterocycles. The van der Waals surface area contributed by atoms with E-state index in [2.05, 4.69) is 48.5 Å². The average Bonchev–Trinajstić information content (AvgIpc) is 4.54. The van der Waals surface area contributed by atoms with Gasteiger partial charge in [-0.1, -0.05) is 12.2 Å². The first-order chi connectivity index (χ1) is 38.9. The van der Waals surface area contributed by atoms with Gasteiger partial charge in [0.2, 0.25) is 11.5 Å². The number of rotatable bonds is 32. The molecule has 0 unspecified atom stereocenters. The number of benzene rings is 4. The van der Waals surface area contributed by atoms with E-state index in [1.54, 1.807) is 71.1 Å². The van der Waals surface area contributed by atoms with E-state index in [1.807, 2.05) is 12.2 Å². The molecule has 8 rings (SSSR count). The Morgan fingerprint density at radius 3 is 1.09 bits per heavy atom. The van der Waals surface area contributed by atoms with Crippen molar-refractivity contribution in [3.63, 3.8) is 0 Å². The largest absolute Gasteiger partial charge is 1.00 e. The molecule has 4 aromatic rings. The topological polar surface area (TPSA) is 145 Å². The van der Waals surface area contributed by atoms with E-state index in [4.69, 9.17) is 56.8 Å². The summed E-state index contributed by atoms with van der Waals surface area (Å²) in [6.45, 7) is 6.45. The van der Waals surface area contributed by atoms with Crippen LogP contribution in [0.2, 0.25) is 0 Å². The molecule has 16 nitrogen and oxygen atoms in total. The molecule has 2 aliphatic carbocycles. The van der Waals surface area contributed by atoms with Gasteiger partial charge in [-0.2, -0.15) is 0 Å². The average molecular weight is 1180 g/mol. The highest BCUT2D eigenvalue weighted by molar-refractivity contribution is 5.70. The lowest BCUT2D eigenvalue weighted by molar-refractivity contribution is -0.960. The molecule has 2 fully saturated rings. The number of fused-ring (bicyclic) bond motifs is 2. The predicted molar refractivity (Wildman–Crippen MR) is 306 cm³/mol. The van der Waals surface area contributed by atoms with Crippen LogP contribution in [-0.4, -0.2) is 144 Å². The fourth-order valence-electron chi connectivity index (χ4n) is 12.8. The quantitative estimate of drug-likeness (QED) is 0.0291. The number of nitrogens with zero attached hydrogens (tertiary/aromatic N) is 2. The smallest absolute Gasteiger partial charge is 0.306 e. The molecule has 4 aromatic carbocycles. The molecule has 452 valence electrons. The molecule has 0 spiro atoms. The number of halogens is 2. The van der Waals surface area contributed by atoms with E-state index in [0.29, 0.717) is 83.9 Å². The van der Waals surface area contributed by atoms with Crippen LogP contribution in [0.4, 0.5) is 0 Å². The molecular formula is C64H88Cl2N2O14. The normalized spacial score (nSPS) is 19.7. The summed E-state index contributed by atoms with van der Waals surface area (Å²) >= 11 is 0. The first-order valence-electron chi connectivity index (χ1n) is 28.7. The van der Waals surface area contributed by atoms with Crippen molar-refractivity contribution in [3.05, 3.63) is 94.1 Å². The summed E-state index contributed by atoms with van der Waals surface area (Å²) in [5, 5.41) is 0. The van der Waals surface area contributed by atoms with Crippen molar-refractivity contribution >= 4 is 11.9 Å². The molecule has 4 aliphatic rings. The van der Waals surface area contributed by atoms with E-state index in [-0.39, 0.29) is 61.7 Å². The van der Waals surface area contributed by atoms with Crippen molar-refractivity contribution < 1.29 is 100 Å². The van der Waals surface area contributed by atoms with Crippen molar-refractivity contribution in [2.75, 3.05) is 124 Å². The summed E-state index contributed by atoms with van der Waals surface area (Å²) in [4.78, 5) is 26.2. The SMILES string of the molecule is COc1cc2c(cc1OC)[C@@H](Cc1cc(OC)c(OC)c(OC)c1)[N@+](CCCOC(=O)CC/C=C/CCC(=O)OCCC[N@@+]1(CC3CC3)CCc3cc(OC)c(OC)cc3[C@H]1Cc1cc(OC)c(OC)c(OC)c1)(CC1CC1)CC2.[Cl-].[Cl-]. The number of ether oxygens (including phenoxy) is 12. The third kappa shape index (κ3) is 15.6. The number of quaternary nitrogens is 2. The van der Waals surface area contributed by atoms with Crippen LogP contribution >= 0.6 is 0 Å². The fourth-order valence-corrected chi connectivity index (χ4v) is 12.8. The Bertz CT molecular complexity index is 2550. The number of allylic oxidation sites excluding steroid dienone is 2. The van der Waals surface area contributed by atoms with E-state index < -0.39 is 0 Å². The van der Waals surface area contributed by atoms with Crippen LogP contribution in [-0.2, 0) is 44.7 Å². The maximum absolute atomic E-state index is 13.1. The Kier molecular flexibility index (Phi) is 24.3. The van der Waals surface area contributed by atoms with Crippen molar-refractivity contribution in [3.8, 4) is 57.5 Å². The third-order valence-electron chi connectivity index (χ3n) is 17.1. The lowest BCUT2D eigenvalue weighted by Crippen LogP contribution is -3.00. The maximum atomic E-state index is 13.1. The summed E-state index contributed by atoms with van der Waals surface area (Å²) < 4.78 is 71.3. The summed E-state index contributed by atoms with van der Waals surface area (Å²) in [6, 6.07) is 17.0. The molecule has 0 bridgehead atoms. The molecule has 2 saturated carbocycles. The monoisotopic (exact) mass is 1180 g/mol. The van der Waals surface area contributed by atoms with Gasteiger partial charge in [-0.15, -0.1) is 0 Å². The van der Waals surface area contributed by atoms with Crippen LogP contribution in [0.15, 0.2) is 60.7 Å². The fraction of sp³-hybridized carbons (Fsp3) is 0.562. The molecule has 2 heterocycles. The molecule has 18 heteroatoms. The number of carbonyl (C=O) groups excluding carboxylic acids is 2. The van der Waals surface area contributed by atoms with Gasteiger partial charge >= 0.3 is 11.9 Å². The van der Waals surface area contributed by atoms with Gasteiger partial charge in [0.25, 0.3) is 0 Å². The van der Waals surface area contributed by atoms with Crippen LogP contribution in [0.1, 0.15) is 110 Å². The Labute approximate surface area is 498 Å². The van der Waals surface area contributed by atoms with Crippen LogP contribution in [0.25, 0.3) is 0 Å². The van der Waals surface area contributed by atoms with Gasteiger partial charge in [-0.25, -0.2) is 0 Å². The van der Waals surface area contributed by atoms with Crippen molar-refractivity contribution in [2.24, 2.45) is 11.8 Å². The summed E-state index contributed by atoms with van der Waals surface area (Å²) in [5.41, 5.74) is 7.20. The van der Waals surface area contributed by atoms with Gasteiger partial charge in [0.15, 0.2) is 46.0 Å². The number of hydrogen-bond acceptors (Lipinski definition) is 14. The van der Waals surface area contributed by atoms with Crippen LogP contribution < -0.4 is 72.2 Å². The molecule has 0 aromatic heterocycles. The zero-order valence-electron chi connectivity index (χ0n) is 50.0. The summed E-state index contributed by atoms with van der Waals surface area (Å²) in [5.74, 6) is 7.39. The van der Waals surface area contributed by atoms with Gasteiger partial charge < -0.3 is 90.6 Å². The molecule has 0 N–H and O–H groups in total.